The molecule has 0 heterocycles. The Balaban J connectivity index is 1.81. The molecule has 3 aromatic carbocycles. The summed E-state index contributed by atoms with van der Waals surface area (Å²) in [6.07, 6.45) is 0.881. The van der Waals surface area contributed by atoms with Gasteiger partial charge in [-0.25, -0.2) is 0 Å². The van der Waals surface area contributed by atoms with Crippen LogP contribution in [0.4, 0.5) is 0 Å². The maximum Gasteiger partial charge on any atom is 0.242 e. The van der Waals surface area contributed by atoms with Crippen molar-refractivity contribution >= 4 is 45.8 Å². The lowest BCUT2D eigenvalue weighted by molar-refractivity contribution is -0.140. The largest absolute Gasteiger partial charge is 0.357 e. The molecule has 0 saturated carbocycles. The predicted molar refractivity (Wildman–Crippen MR) is 123 cm³/mol. The van der Waals surface area contributed by atoms with E-state index in [0.717, 1.165) is 21.9 Å². The molecule has 156 valence electrons. The van der Waals surface area contributed by atoms with Gasteiger partial charge in [0.25, 0.3) is 0 Å². The molecule has 0 aliphatic rings. The second-order valence-electron chi connectivity index (χ2n) is 7.19. The predicted octanol–water partition coefficient (Wildman–Crippen LogP) is 5.24. The molecule has 6 heteroatoms. The molecule has 4 nitrogen and oxygen atoms in total. The minimum absolute atomic E-state index is 0.106. The summed E-state index contributed by atoms with van der Waals surface area (Å²) in [5.74, 6) is -0.330. The van der Waals surface area contributed by atoms with Crippen molar-refractivity contribution in [2.24, 2.45) is 0 Å². The maximum atomic E-state index is 13.2. The van der Waals surface area contributed by atoms with Crippen molar-refractivity contribution < 1.29 is 9.59 Å². The third kappa shape index (κ3) is 5.13. The van der Waals surface area contributed by atoms with E-state index < -0.39 is 6.04 Å². The van der Waals surface area contributed by atoms with Crippen LogP contribution in [-0.4, -0.2) is 29.8 Å². The fourth-order valence-corrected chi connectivity index (χ4v) is 3.99. The minimum Gasteiger partial charge on any atom is -0.357 e. The monoisotopic (exact) mass is 442 g/mol. The molecule has 0 aromatic heterocycles. The Morgan fingerprint density at radius 1 is 1.00 bits per heavy atom. The number of carbonyl (C=O) groups is 2. The third-order valence-corrected chi connectivity index (χ3v) is 5.84. The number of rotatable bonds is 7. The molecule has 0 spiro atoms. The summed E-state index contributed by atoms with van der Waals surface area (Å²) in [5.41, 5.74) is 1.86. The van der Waals surface area contributed by atoms with Crippen LogP contribution in [-0.2, 0) is 22.6 Å². The highest BCUT2D eigenvalue weighted by atomic mass is 35.5. The van der Waals surface area contributed by atoms with Crippen LogP contribution in [0.3, 0.4) is 0 Å². The normalized spacial score (nSPS) is 11.9. The molecule has 0 unspecified atom stereocenters. The fraction of sp³-hybridized carbons (Fsp3) is 0.250. The highest BCUT2D eigenvalue weighted by molar-refractivity contribution is 6.35. The van der Waals surface area contributed by atoms with Crippen molar-refractivity contribution in [2.75, 3.05) is 7.05 Å². The Morgan fingerprint density at radius 2 is 1.73 bits per heavy atom. The zero-order valence-electron chi connectivity index (χ0n) is 17.0. The van der Waals surface area contributed by atoms with Crippen LogP contribution in [0.5, 0.6) is 0 Å². The van der Waals surface area contributed by atoms with E-state index in [1.54, 1.807) is 37.1 Å². The lowest BCUT2D eigenvalue weighted by atomic mass is 10.0. The van der Waals surface area contributed by atoms with E-state index in [2.05, 4.69) is 23.5 Å². The molecule has 3 aromatic rings. The molecule has 0 radical (unpaired) electrons. The van der Waals surface area contributed by atoms with E-state index in [-0.39, 0.29) is 18.4 Å². The van der Waals surface area contributed by atoms with Gasteiger partial charge in [-0.15, -0.1) is 0 Å². The molecule has 0 aliphatic carbocycles. The molecule has 3 rings (SSSR count). The Kier molecular flexibility index (Phi) is 7.35. The van der Waals surface area contributed by atoms with Gasteiger partial charge in [0.05, 0.1) is 0 Å². The van der Waals surface area contributed by atoms with Gasteiger partial charge in [-0.3, -0.25) is 9.59 Å². The van der Waals surface area contributed by atoms with E-state index in [1.165, 1.54) is 0 Å². The van der Waals surface area contributed by atoms with Crippen LogP contribution in [0, 0.1) is 0 Å². The second-order valence-corrected chi connectivity index (χ2v) is 8.03. The number of nitrogens with zero attached hydrogens (tertiary/aromatic N) is 1. The van der Waals surface area contributed by atoms with E-state index in [9.17, 15) is 9.59 Å². The number of hydrogen-bond acceptors (Lipinski definition) is 2. The van der Waals surface area contributed by atoms with Crippen LogP contribution in [0.15, 0.2) is 60.7 Å². The van der Waals surface area contributed by atoms with Crippen LogP contribution in [0.1, 0.15) is 24.5 Å². The van der Waals surface area contributed by atoms with Gasteiger partial charge in [-0.1, -0.05) is 71.7 Å². The van der Waals surface area contributed by atoms with Crippen molar-refractivity contribution in [2.45, 2.75) is 32.4 Å². The summed E-state index contributed by atoms with van der Waals surface area (Å²) in [6, 6.07) is 18.7. The summed E-state index contributed by atoms with van der Waals surface area (Å²) in [6.45, 7) is 1.96. The summed E-state index contributed by atoms with van der Waals surface area (Å²) in [7, 11) is 1.56. The topological polar surface area (TPSA) is 49.4 Å². The number of likely N-dealkylation sites (N-methyl/N-ethyl adjacent to an activating group) is 1. The zero-order chi connectivity index (χ0) is 21.7. The van der Waals surface area contributed by atoms with Crippen LogP contribution in [0.25, 0.3) is 10.8 Å². The highest BCUT2D eigenvalue weighted by Gasteiger charge is 2.26. The average molecular weight is 443 g/mol. The smallest absolute Gasteiger partial charge is 0.242 e. The summed E-state index contributed by atoms with van der Waals surface area (Å²) >= 11 is 12.3. The number of nitrogens with one attached hydrogen (secondary N) is 1. The Morgan fingerprint density at radius 3 is 2.47 bits per heavy atom. The SMILES string of the molecule is CNC(=O)[C@@H](C)N(Cc1ccc(Cl)cc1Cl)C(=O)CCc1cccc2ccccc12. The number of aryl methyl sites for hydroxylation is 1. The molecule has 30 heavy (non-hydrogen) atoms. The Hall–Kier alpha value is -2.56. The minimum atomic E-state index is -0.623. The molecular weight excluding hydrogens is 419 g/mol. The van der Waals surface area contributed by atoms with Crippen molar-refractivity contribution in [1.29, 1.82) is 0 Å². The Labute approximate surface area is 186 Å². The molecule has 1 N–H and O–H groups in total. The first kappa shape index (κ1) is 22.1. The number of benzene rings is 3. The van der Waals surface area contributed by atoms with Crippen LogP contribution in [0.2, 0.25) is 10.0 Å². The van der Waals surface area contributed by atoms with E-state index in [1.807, 2.05) is 24.3 Å². The molecule has 2 amide bonds. The average Bonchev–Trinajstić information content (AvgIpc) is 2.75. The van der Waals surface area contributed by atoms with Crippen LogP contribution < -0.4 is 5.32 Å². The van der Waals surface area contributed by atoms with Gasteiger partial charge in [0.1, 0.15) is 6.04 Å². The van der Waals surface area contributed by atoms with E-state index in [0.29, 0.717) is 22.9 Å². The quantitative estimate of drug-likeness (QED) is 0.543. The third-order valence-electron chi connectivity index (χ3n) is 5.26. The molecule has 0 bridgehead atoms. The van der Waals surface area contributed by atoms with Gasteiger partial charge in [-0.05, 0) is 47.4 Å². The van der Waals surface area contributed by atoms with Gasteiger partial charge >= 0.3 is 0 Å². The molecule has 0 saturated heterocycles. The molecular formula is C24H24Cl2N2O2. The number of fused-ring (bicyclic) bond motifs is 1. The van der Waals surface area contributed by atoms with Gasteiger partial charge < -0.3 is 10.2 Å². The summed E-state index contributed by atoms with van der Waals surface area (Å²) in [4.78, 5) is 27.0. The van der Waals surface area contributed by atoms with Gasteiger partial charge in [0.2, 0.25) is 11.8 Å². The molecule has 0 aliphatic heterocycles. The van der Waals surface area contributed by atoms with Crippen molar-refractivity contribution in [3.63, 3.8) is 0 Å². The number of hydrogen-bond donors (Lipinski definition) is 1. The second kappa shape index (κ2) is 9.96. The lowest BCUT2D eigenvalue weighted by Crippen LogP contribution is -2.46. The summed E-state index contributed by atoms with van der Waals surface area (Å²) in [5, 5.41) is 5.90. The van der Waals surface area contributed by atoms with Crippen molar-refractivity contribution in [3.8, 4) is 0 Å². The first-order chi connectivity index (χ1) is 14.4. The van der Waals surface area contributed by atoms with Crippen molar-refractivity contribution in [1.82, 2.24) is 10.2 Å². The molecule has 0 fully saturated rings. The number of amides is 2. The van der Waals surface area contributed by atoms with Crippen LogP contribution >= 0.6 is 23.2 Å². The highest BCUT2D eigenvalue weighted by Crippen LogP contribution is 2.24. The lowest BCUT2D eigenvalue weighted by Gasteiger charge is -2.29. The van der Waals surface area contributed by atoms with Gasteiger partial charge in [0.15, 0.2) is 0 Å². The first-order valence-corrected chi connectivity index (χ1v) is 10.6. The van der Waals surface area contributed by atoms with Gasteiger partial charge in [0, 0.05) is 30.1 Å². The summed E-state index contributed by atoms with van der Waals surface area (Å²) < 4.78 is 0. The van der Waals surface area contributed by atoms with Crippen molar-refractivity contribution in [3.05, 3.63) is 81.8 Å². The van der Waals surface area contributed by atoms with E-state index >= 15 is 0 Å². The number of carbonyl (C=O) groups excluding carboxylic acids is 2. The first-order valence-electron chi connectivity index (χ1n) is 9.82. The fourth-order valence-electron chi connectivity index (χ4n) is 3.52. The van der Waals surface area contributed by atoms with E-state index in [4.69, 9.17) is 23.2 Å². The zero-order valence-corrected chi connectivity index (χ0v) is 18.5. The maximum absolute atomic E-state index is 13.2. The Bertz CT molecular complexity index is 1060. The number of halogens is 2. The van der Waals surface area contributed by atoms with Gasteiger partial charge in [-0.2, -0.15) is 0 Å². The molecule has 1 atom stereocenters. The standard InChI is InChI=1S/C24H24Cl2N2O2/c1-16(24(30)27-2)28(15-19-10-12-20(25)14-22(19)26)23(29)13-11-18-8-5-7-17-6-3-4-9-21(17)18/h3-10,12,14,16H,11,13,15H2,1-2H3,(H,27,30)/t16-/m1/s1.